The van der Waals surface area contributed by atoms with Crippen molar-refractivity contribution in [3.8, 4) is 0 Å². The second-order valence-corrected chi connectivity index (χ2v) is 7.06. The summed E-state index contributed by atoms with van der Waals surface area (Å²) in [6.07, 6.45) is 0. The third-order valence-corrected chi connectivity index (χ3v) is 5.42. The van der Waals surface area contributed by atoms with Gasteiger partial charge in [0.2, 0.25) is 6.54 Å². The first-order valence-corrected chi connectivity index (χ1v) is 7.76. The lowest BCUT2D eigenvalue weighted by Crippen LogP contribution is -2.39. The van der Waals surface area contributed by atoms with Gasteiger partial charge in [0.25, 0.3) is 0 Å². The van der Waals surface area contributed by atoms with Gasteiger partial charge in [-0.2, -0.15) is 0 Å². The van der Waals surface area contributed by atoms with Crippen LogP contribution in [0.5, 0.6) is 0 Å². The standard InChI is InChI=1S/C13H28N3OP/c1-11(2)15(8)18(17-10-9-14-7)16(12(3)4)13(5)6/h11-13H,9-10H2,1-6,8H3. The molecule has 0 heterocycles. The van der Waals surface area contributed by atoms with E-state index in [1.165, 1.54) is 0 Å². The van der Waals surface area contributed by atoms with Crippen LogP contribution in [0.1, 0.15) is 41.5 Å². The Kier molecular flexibility index (Phi) is 8.73. The fraction of sp³-hybridized carbons (Fsp3) is 0.923. The summed E-state index contributed by atoms with van der Waals surface area (Å²) in [6.45, 7) is 20.9. The van der Waals surface area contributed by atoms with Crippen molar-refractivity contribution in [3.63, 3.8) is 0 Å². The van der Waals surface area contributed by atoms with E-state index in [-0.39, 0.29) is 0 Å². The fourth-order valence-electron chi connectivity index (χ4n) is 1.68. The van der Waals surface area contributed by atoms with E-state index in [0.717, 1.165) is 0 Å². The van der Waals surface area contributed by atoms with Crippen LogP contribution in [0.25, 0.3) is 4.85 Å². The first-order chi connectivity index (χ1) is 8.32. The van der Waals surface area contributed by atoms with E-state index in [4.69, 9.17) is 11.1 Å². The van der Waals surface area contributed by atoms with E-state index >= 15 is 0 Å². The zero-order valence-electron chi connectivity index (χ0n) is 12.8. The minimum atomic E-state index is -0.792. The Balaban J connectivity index is 4.86. The van der Waals surface area contributed by atoms with Crippen LogP contribution in [-0.4, -0.2) is 47.7 Å². The largest absolute Gasteiger partial charge is 0.323 e. The minimum Gasteiger partial charge on any atom is -0.323 e. The van der Waals surface area contributed by atoms with E-state index in [9.17, 15) is 0 Å². The molecule has 18 heavy (non-hydrogen) atoms. The molecule has 0 rings (SSSR count). The molecule has 0 saturated carbocycles. The predicted molar refractivity (Wildman–Crippen MR) is 79.4 cm³/mol. The molecule has 1 unspecified atom stereocenters. The van der Waals surface area contributed by atoms with Gasteiger partial charge in [0.05, 0.1) is 0 Å². The number of rotatable bonds is 8. The maximum absolute atomic E-state index is 6.84. The number of hydrogen-bond acceptors (Lipinski definition) is 3. The normalized spacial score (nSPS) is 13.9. The smallest absolute Gasteiger partial charge is 0.238 e. The predicted octanol–water partition coefficient (Wildman–Crippen LogP) is 3.61. The highest BCUT2D eigenvalue weighted by Gasteiger charge is 2.30. The van der Waals surface area contributed by atoms with Gasteiger partial charge in [-0.3, -0.25) is 0 Å². The average Bonchev–Trinajstić information content (AvgIpc) is 2.25. The Hall–Kier alpha value is -0.200. The Bertz CT molecular complexity index is 255. The lowest BCUT2D eigenvalue weighted by atomic mass is 10.3. The van der Waals surface area contributed by atoms with Crippen molar-refractivity contribution in [2.75, 3.05) is 20.2 Å². The van der Waals surface area contributed by atoms with Crippen LogP contribution < -0.4 is 0 Å². The Morgan fingerprint density at radius 3 is 1.89 bits per heavy atom. The molecule has 0 saturated heterocycles. The molecule has 0 fully saturated rings. The quantitative estimate of drug-likeness (QED) is 0.383. The second kappa shape index (κ2) is 8.82. The summed E-state index contributed by atoms with van der Waals surface area (Å²) >= 11 is 0. The van der Waals surface area contributed by atoms with Crippen LogP contribution in [0.3, 0.4) is 0 Å². The van der Waals surface area contributed by atoms with Gasteiger partial charge in [-0.25, -0.2) is 15.9 Å². The highest BCUT2D eigenvalue weighted by Crippen LogP contribution is 2.48. The summed E-state index contributed by atoms with van der Waals surface area (Å²) in [5.41, 5.74) is 0. The molecule has 0 aromatic rings. The third kappa shape index (κ3) is 5.63. The molecule has 4 nitrogen and oxygen atoms in total. The Labute approximate surface area is 114 Å². The van der Waals surface area contributed by atoms with Crippen molar-refractivity contribution in [3.05, 3.63) is 11.4 Å². The van der Waals surface area contributed by atoms with Crippen LogP contribution in [0.4, 0.5) is 0 Å². The summed E-state index contributed by atoms with van der Waals surface area (Å²) in [5.74, 6) is 0. The summed E-state index contributed by atoms with van der Waals surface area (Å²) in [4.78, 5) is 3.36. The van der Waals surface area contributed by atoms with E-state index < -0.39 is 8.45 Å². The maximum atomic E-state index is 6.84. The van der Waals surface area contributed by atoms with Gasteiger partial charge in [-0.05, 0) is 48.6 Å². The monoisotopic (exact) mass is 273 g/mol. The summed E-state index contributed by atoms with van der Waals surface area (Å²) in [7, 11) is 1.31. The van der Waals surface area contributed by atoms with Crippen LogP contribution in [0, 0.1) is 6.57 Å². The first-order valence-electron chi connectivity index (χ1n) is 6.60. The van der Waals surface area contributed by atoms with Crippen molar-refractivity contribution in [2.24, 2.45) is 0 Å². The van der Waals surface area contributed by atoms with Gasteiger partial charge in [0, 0.05) is 18.1 Å². The molecule has 0 spiro atoms. The molecule has 0 aromatic heterocycles. The molecule has 0 amide bonds. The minimum absolute atomic E-state index is 0.434. The SMILES string of the molecule is [C-]#[N+]CCOP(N(C)C(C)C)N(C(C)C)C(C)C. The lowest BCUT2D eigenvalue weighted by molar-refractivity contribution is 0.219. The molecule has 0 aliphatic carbocycles. The van der Waals surface area contributed by atoms with Crippen LogP contribution >= 0.6 is 8.45 Å². The molecule has 0 bridgehead atoms. The number of nitrogens with zero attached hydrogens (tertiary/aromatic N) is 3. The van der Waals surface area contributed by atoms with Crippen LogP contribution in [-0.2, 0) is 4.52 Å². The summed E-state index contributed by atoms with van der Waals surface area (Å²) < 4.78 is 10.7. The van der Waals surface area contributed by atoms with Gasteiger partial charge < -0.3 is 9.37 Å². The zero-order chi connectivity index (χ0) is 14.3. The van der Waals surface area contributed by atoms with Crippen molar-refractivity contribution in [1.82, 2.24) is 9.34 Å². The highest BCUT2D eigenvalue weighted by atomic mass is 31.2. The molecule has 5 heteroatoms. The molecular formula is C13H28N3OP. The third-order valence-electron chi connectivity index (χ3n) is 2.68. The van der Waals surface area contributed by atoms with Gasteiger partial charge in [-0.1, -0.05) is 0 Å². The Morgan fingerprint density at radius 2 is 1.56 bits per heavy atom. The summed E-state index contributed by atoms with van der Waals surface area (Å²) in [6, 6.07) is 1.31. The average molecular weight is 273 g/mol. The van der Waals surface area contributed by atoms with Crippen LogP contribution in [0.15, 0.2) is 0 Å². The van der Waals surface area contributed by atoms with Crippen molar-refractivity contribution < 1.29 is 4.52 Å². The van der Waals surface area contributed by atoms with Crippen molar-refractivity contribution in [2.45, 2.75) is 59.7 Å². The van der Waals surface area contributed by atoms with Gasteiger partial charge >= 0.3 is 0 Å². The number of hydrogen-bond donors (Lipinski definition) is 0. The van der Waals surface area contributed by atoms with Crippen LogP contribution in [0.2, 0.25) is 0 Å². The van der Waals surface area contributed by atoms with E-state index in [0.29, 0.717) is 31.3 Å². The molecule has 0 aliphatic rings. The molecule has 0 radical (unpaired) electrons. The van der Waals surface area contributed by atoms with Gasteiger partial charge in [0.1, 0.15) is 6.61 Å². The highest BCUT2D eigenvalue weighted by molar-refractivity contribution is 7.47. The summed E-state index contributed by atoms with van der Waals surface area (Å²) in [5, 5.41) is 0. The maximum Gasteiger partial charge on any atom is 0.238 e. The second-order valence-electron chi connectivity index (χ2n) is 5.20. The topological polar surface area (TPSA) is 20.1 Å². The Morgan fingerprint density at radius 1 is 1.06 bits per heavy atom. The molecule has 0 aromatic carbocycles. The van der Waals surface area contributed by atoms with Crippen molar-refractivity contribution in [1.29, 1.82) is 0 Å². The van der Waals surface area contributed by atoms with E-state index in [1.54, 1.807) is 0 Å². The molecule has 106 valence electrons. The molecular weight excluding hydrogens is 245 g/mol. The van der Waals surface area contributed by atoms with E-state index in [1.807, 2.05) is 0 Å². The molecule has 0 aliphatic heterocycles. The van der Waals surface area contributed by atoms with Crippen molar-refractivity contribution >= 4 is 8.45 Å². The molecule has 1 atom stereocenters. The lowest BCUT2D eigenvalue weighted by Gasteiger charge is -2.42. The zero-order valence-corrected chi connectivity index (χ0v) is 13.7. The van der Waals surface area contributed by atoms with Gasteiger partial charge in [0.15, 0.2) is 8.45 Å². The fourth-order valence-corrected chi connectivity index (χ4v) is 3.75. The van der Waals surface area contributed by atoms with Gasteiger partial charge in [-0.15, -0.1) is 0 Å². The van der Waals surface area contributed by atoms with E-state index in [2.05, 4.69) is 62.8 Å². The molecule has 0 N–H and O–H groups in total. The first kappa shape index (κ1) is 17.8.